The quantitative estimate of drug-likeness (QED) is 0.704. The van der Waals surface area contributed by atoms with E-state index in [2.05, 4.69) is 0 Å². The maximum absolute atomic E-state index is 12.7. The van der Waals surface area contributed by atoms with Gasteiger partial charge in [-0.2, -0.15) is 12.7 Å². The average Bonchev–Trinajstić information content (AvgIpc) is 2.43. The zero-order chi connectivity index (χ0) is 18.1. The summed E-state index contributed by atoms with van der Waals surface area (Å²) >= 11 is 17.9. The molecule has 11 heteroatoms. The van der Waals surface area contributed by atoms with Gasteiger partial charge in [0.25, 0.3) is 0 Å². The van der Waals surface area contributed by atoms with Crippen LogP contribution in [0, 0.1) is 0 Å². The van der Waals surface area contributed by atoms with Gasteiger partial charge in [0, 0.05) is 5.02 Å². The highest BCUT2D eigenvalue weighted by Crippen LogP contribution is 2.39. The van der Waals surface area contributed by atoms with Gasteiger partial charge in [-0.15, -0.1) is 0 Å². The van der Waals surface area contributed by atoms with Crippen LogP contribution < -0.4 is 4.31 Å². The van der Waals surface area contributed by atoms with Gasteiger partial charge in [0.05, 0.1) is 35.4 Å². The molecule has 1 aromatic carbocycles. The van der Waals surface area contributed by atoms with E-state index in [0.29, 0.717) is 0 Å². The van der Waals surface area contributed by atoms with Gasteiger partial charge in [-0.1, -0.05) is 34.8 Å². The van der Waals surface area contributed by atoms with Crippen molar-refractivity contribution in [3.8, 4) is 0 Å². The molecule has 0 saturated carbocycles. The number of halogens is 3. The second-order valence-electron chi connectivity index (χ2n) is 4.84. The van der Waals surface area contributed by atoms with Crippen LogP contribution in [0.1, 0.15) is 6.92 Å². The molecule has 1 heterocycles. The van der Waals surface area contributed by atoms with Crippen molar-refractivity contribution in [2.24, 2.45) is 0 Å². The number of ketones is 1. The third kappa shape index (κ3) is 3.94. The number of benzene rings is 1. The van der Waals surface area contributed by atoms with E-state index in [4.69, 9.17) is 39.5 Å². The molecule has 1 aliphatic rings. The van der Waals surface area contributed by atoms with E-state index < -0.39 is 41.6 Å². The van der Waals surface area contributed by atoms with Gasteiger partial charge in [-0.3, -0.25) is 9.59 Å². The van der Waals surface area contributed by atoms with Crippen LogP contribution in [-0.2, 0) is 24.5 Å². The number of hydrogen-bond donors (Lipinski definition) is 0. The number of esters is 1. The Kier molecular flexibility index (Phi) is 5.98. The summed E-state index contributed by atoms with van der Waals surface area (Å²) in [7, 11) is -4.19. The lowest BCUT2D eigenvalue weighted by atomic mass is 10.3. The molecule has 0 unspecified atom stereocenters. The summed E-state index contributed by atoms with van der Waals surface area (Å²) in [4.78, 5) is 23.6. The Balaban J connectivity index is 2.44. The summed E-state index contributed by atoms with van der Waals surface area (Å²) in [5.74, 6) is -1.18. The predicted molar refractivity (Wildman–Crippen MR) is 91.0 cm³/mol. The minimum absolute atomic E-state index is 0.0261. The maximum Gasteiger partial charge on any atom is 0.321 e. The van der Waals surface area contributed by atoms with Crippen LogP contribution in [0.15, 0.2) is 12.1 Å². The molecule has 0 bridgehead atoms. The summed E-state index contributed by atoms with van der Waals surface area (Å²) in [6.07, 6.45) is 0. The molecule has 0 amide bonds. The van der Waals surface area contributed by atoms with Gasteiger partial charge in [0.15, 0.2) is 5.78 Å². The molecule has 0 radical (unpaired) electrons. The van der Waals surface area contributed by atoms with Crippen LogP contribution in [0.2, 0.25) is 15.1 Å². The molecule has 0 aliphatic carbocycles. The number of ether oxygens (including phenoxy) is 1. The largest absolute Gasteiger partial charge is 0.465 e. The second-order valence-corrected chi connectivity index (χ2v) is 7.95. The van der Waals surface area contributed by atoms with Crippen LogP contribution in [0.25, 0.3) is 0 Å². The third-order valence-electron chi connectivity index (χ3n) is 3.12. The Hall–Kier alpha value is -1.06. The number of anilines is 1. The molecular weight excluding hydrogens is 403 g/mol. The Morgan fingerprint density at radius 2 is 1.79 bits per heavy atom. The molecule has 0 N–H and O–H groups in total. The molecule has 132 valence electrons. The summed E-state index contributed by atoms with van der Waals surface area (Å²) < 4.78 is 31.7. The van der Waals surface area contributed by atoms with Gasteiger partial charge in [-0.25, -0.2) is 4.31 Å². The van der Waals surface area contributed by atoms with E-state index >= 15 is 0 Å². The van der Waals surface area contributed by atoms with Crippen LogP contribution in [0.3, 0.4) is 0 Å². The van der Waals surface area contributed by atoms with Crippen LogP contribution in [-0.4, -0.2) is 50.7 Å². The highest BCUT2D eigenvalue weighted by molar-refractivity contribution is 7.90. The molecule has 0 spiro atoms. The molecule has 1 saturated heterocycles. The lowest BCUT2D eigenvalue weighted by Gasteiger charge is -2.35. The highest BCUT2D eigenvalue weighted by atomic mass is 35.5. The van der Waals surface area contributed by atoms with Gasteiger partial charge >= 0.3 is 16.2 Å². The molecule has 24 heavy (non-hydrogen) atoms. The number of carbonyl (C=O) groups excluding carboxylic acids is 2. The van der Waals surface area contributed by atoms with Crippen molar-refractivity contribution in [1.82, 2.24) is 4.31 Å². The first-order chi connectivity index (χ1) is 11.2. The fourth-order valence-electron chi connectivity index (χ4n) is 2.16. The summed E-state index contributed by atoms with van der Waals surface area (Å²) in [6.45, 7) is 0.233. The van der Waals surface area contributed by atoms with Crippen molar-refractivity contribution in [3.63, 3.8) is 0 Å². The first-order valence-electron chi connectivity index (χ1n) is 6.76. The van der Waals surface area contributed by atoms with E-state index in [1.54, 1.807) is 6.92 Å². The van der Waals surface area contributed by atoms with E-state index in [1.807, 2.05) is 0 Å². The predicted octanol–water partition coefficient (Wildman–Crippen LogP) is 2.15. The third-order valence-corrected chi connectivity index (χ3v) is 5.69. The number of hydrogen-bond acceptors (Lipinski definition) is 5. The van der Waals surface area contributed by atoms with Crippen molar-refractivity contribution in [2.75, 3.05) is 30.5 Å². The van der Waals surface area contributed by atoms with E-state index in [9.17, 15) is 18.0 Å². The van der Waals surface area contributed by atoms with E-state index in [-0.39, 0.29) is 27.4 Å². The monoisotopic (exact) mass is 414 g/mol. The average molecular weight is 416 g/mol. The molecule has 7 nitrogen and oxygen atoms in total. The van der Waals surface area contributed by atoms with Crippen molar-refractivity contribution in [1.29, 1.82) is 0 Å². The number of nitrogens with zero attached hydrogens (tertiary/aromatic N) is 2. The second kappa shape index (κ2) is 7.45. The molecule has 0 atom stereocenters. The lowest BCUT2D eigenvalue weighted by Crippen LogP contribution is -2.55. The molecule has 1 aliphatic heterocycles. The van der Waals surface area contributed by atoms with Crippen LogP contribution in [0.5, 0.6) is 0 Å². The molecular formula is C13H13Cl3N2O5S. The zero-order valence-electron chi connectivity index (χ0n) is 12.5. The fraction of sp³-hybridized carbons (Fsp3) is 0.385. The topological polar surface area (TPSA) is 84.0 Å². The Morgan fingerprint density at radius 1 is 1.21 bits per heavy atom. The molecule has 1 aromatic rings. The summed E-state index contributed by atoms with van der Waals surface area (Å²) in [6, 6.07) is 2.63. The molecule has 2 rings (SSSR count). The first kappa shape index (κ1) is 19.3. The van der Waals surface area contributed by atoms with E-state index in [1.165, 1.54) is 12.1 Å². The normalized spacial score (nSPS) is 17.8. The first-order valence-corrected chi connectivity index (χ1v) is 9.29. The lowest BCUT2D eigenvalue weighted by molar-refractivity contribution is -0.143. The Bertz CT molecular complexity index is 761. The van der Waals surface area contributed by atoms with Crippen molar-refractivity contribution < 1.29 is 22.7 Å². The molecule has 1 fully saturated rings. The Labute approximate surface area is 154 Å². The number of Topliss-reactive ketones (excluding diaryl/α,β-unsaturated/α-hetero) is 1. The van der Waals surface area contributed by atoms with Gasteiger partial charge in [0.2, 0.25) is 0 Å². The fourth-order valence-corrected chi connectivity index (χ4v) is 4.88. The standard InChI is InChI=1S/C13H13Cl3N2O5S/c1-2-23-12(20)7-17-5-9(19)6-18(24(17,21)22)13-10(15)3-8(14)4-11(13)16/h3-4H,2,5-7H2,1H3. The van der Waals surface area contributed by atoms with Crippen molar-refractivity contribution >= 4 is 62.5 Å². The molecule has 0 aromatic heterocycles. The number of carbonyl (C=O) groups is 2. The van der Waals surface area contributed by atoms with E-state index in [0.717, 1.165) is 8.61 Å². The highest BCUT2D eigenvalue weighted by Gasteiger charge is 2.40. The Morgan fingerprint density at radius 3 is 2.33 bits per heavy atom. The summed E-state index contributed by atoms with van der Waals surface area (Å²) in [5.41, 5.74) is -0.0651. The van der Waals surface area contributed by atoms with Crippen LogP contribution in [0.4, 0.5) is 5.69 Å². The zero-order valence-corrected chi connectivity index (χ0v) is 15.5. The van der Waals surface area contributed by atoms with Crippen LogP contribution >= 0.6 is 34.8 Å². The van der Waals surface area contributed by atoms with Gasteiger partial charge in [0.1, 0.15) is 6.54 Å². The SMILES string of the molecule is CCOC(=O)CN1CC(=O)CN(c2c(Cl)cc(Cl)cc2Cl)S1(=O)=O. The smallest absolute Gasteiger partial charge is 0.321 e. The minimum Gasteiger partial charge on any atom is -0.465 e. The maximum atomic E-state index is 12.7. The minimum atomic E-state index is -4.19. The van der Waals surface area contributed by atoms with Gasteiger partial charge in [-0.05, 0) is 19.1 Å². The van der Waals surface area contributed by atoms with Gasteiger partial charge < -0.3 is 4.74 Å². The van der Waals surface area contributed by atoms with Crippen molar-refractivity contribution in [2.45, 2.75) is 6.92 Å². The van der Waals surface area contributed by atoms with Crippen molar-refractivity contribution in [3.05, 3.63) is 27.2 Å². The summed E-state index contributed by atoms with van der Waals surface area (Å²) in [5, 5.41) is 0.168. The number of rotatable bonds is 4.